The summed E-state index contributed by atoms with van der Waals surface area (Å²) in [5.74, 6) is -0.367. The quantitative estimate of drug-likeness (QED) is 0.302. The fraction of sp³-hybridized carbons (Fsp3) is 0.550. The molecule has 7 heteroatoms. The largest absolute Gasteiger partial charge is 0.460 e. The summed E-state index contributed by atoms with van der Waals surface area (Å²) in [6.45, 7) is 8.35. The Morgan fingerprint density at radius 3 is 1.67 bits per heavy atom. The number of ether oxygens (including phenoxy) is 6. The highest BCUT2D eigenvalue weighted by Crippen LogP contribution is 2.06. The Bertz CT molecular complexity index is 502. The van der Waals surface area contributed by atoms with Gasteiger partial charge in [0.25, 0.3) is 0 Å². The lowest BCUT2D eigenvalue weighted by Gasteiger charge is -2.08. The summed E-state index contributed by atoms with van der Waals surface area (Å²) in [6.07, 6.45) is 1.72. The van der Waals surface area contributed by atoms with E-state index in [9.17, 15) is 4.79 Å². The van der Waals surface area contributed by atoms with Crippen LogP contribution in [0.3, 0.4) is 0 Å². The second kappa shape index (κ2) is 16.4. The molecule has 1 rings (SSSR count). The van der Waals surface area contributed by atoms with E-state index < -0.39 is 0 Å². The van der Waals surface area contributed by atoms with Gasteiger partial charge in [-0.05, 0) is 17.7 Å². The summed E-state index contributed by atoms with van der Waals surface area (Å²) in [6, 6.07) is 7.05. The van der Waals surface area contributed by atoms with Crippen LogP contribution in [0, 0.1) is 0 Å². The molecule has 27 heavy (non-hydrogen) atoms. The molecule has 0 heterocycles. The van der Waals surface area contributed by atoms with Gasteiger partial charge in [0.1, 0.15) is 6.61 Å². The number of carbonyl (C=O) groups is 1. The van der Waals surface area contributed by atoms with Gasteiger partial charge in [-0.15, -0.1) is 0 Å². The van der Waals surface area contributed by atoms with Crippen molar-refractivity contribution >= 4 is 12.0 Å². The van der Waals surface area contributed by atoms with Crippen LogP contribution in [0.25, 0.3) is 6.08 Å². The number of hydrogen-bond acceptors (Lipinski definition) is 7. The van der Waals surface area contributed by atoms with Crippen molar-refractivity contribution in [2.75, 3.05) is 73.2 Å². The normalized spacial score (nSPS) is 10.7. The van der Waals surface area contributed by atoms with E-state index in [1.54, 1.807) is 25.3 Å². The van der Waals surface area contributed by atoms with Crippen LogP contribution in [0.2, 0.25) is 0 Å². The van der Waals surface area contributed by atoms with Crippen LogP contribution < -0.4 is 0 Å². The van der Waals surface area contributed by atoms with Crippen molar-refractivity contribution in [3.8, 4) is 0 Å². The summed E-state index contributed by atoms with van der Waals surface area (Å²) in [4.78, 5) is 11.8. The van der Waals surface area contributed by atoms with E-state index in [1.807, 2.05) is 12.1 Å². The van der Waals surface area contributed by atoms with Crippen LogP contribution in [0.4, 0.5) is 0 Å². The van der Waals surface area contributed by atoms with Crippen molar-refractivity contribution in [3.05, 3.63) is 42.0 Å². The maximum absolute atomic E-state index is 11.8. The third-order valence-electron chi connectivity index (χ3n) is 3.39. The lowest BCUT2D eigenvalue weighted by Crippen LogP contribution is -2.15. The Morgan fingerprint density at radius 2 is 1.22 bits per heavy atom. The zero-order valence-corrected chi connectivity index (χ0v) is 16.0. The number of methoxy groups -OCH3 is 1. The maximum atomic E-state index is 11.8. The third-order valence-corrected chi connectivity index (χ3v) is 3.39. The van der Waals surface area contributed by atoms with Gasteiger partial charge in [0.15, 0.2) is 0 Å². The monoisotopic (exact) mass is 382 g/mol. The molecule has 0 N–H and O–H groups in total. The molecule has 0 aliphatic heterocycles. The molecule has 0 fully saturated rings. The summed E-state index contributed by atoms with van der Waals surface area (Å²) in [5.41, 5.74) is 1.46. The minimum absolute atomic E-state index is 0.203. The lowest BCUT2D eigenvalue weighted by molar-refractivity contribution is -0.0129. The Balaban J connectivity index is 1.86. The zero-order chi connectivity index (χ0) is 19.6. The summed E-state index contributed by atoms with van der Waals surface area (Å²) < 4.78 is 31.3. The lowest BCUT2D eigenvalue weighted by atomic mass is 10.1. The van der Waals surface area contributed by atoms with E-state index in [1.165, 1.54) is 0 Å². The molecule has 0 atom stereocenters. The van der Waals surface area contributed by atoms with E-state index in [2.05, 4.69) is 6.58 Å². The minimum atomic E-state index is -0.367. The first kappa shape index (κ1) is 23.3. The fourth-order valence-corrected chi connectivity index (χ4v) is 1.94. The Morgan fingerprint density at radius 1 is 0.778 bits per heavy atom. The molecular weight excluding hydrogens is 352 g/mol. The van der Waals surface area contributed by atoms with Crippen molar-refractivity contribution in [2.45, 2.75) is 0 Å². The SMILES string of the molecule is C=Cc1ccc(C(=O)OCCOCCOCCOCCOCCOC)cc1. The predicted molar refractivity (Wildman–Crippen MR) is 102 cm³/mol. The molecule has 0 spiro atoms. The molecule has 7 nitrogen and oxygen atoms in total. The fourth-order valence-electron chi connectivity index (χ4n) is 1.94. The van der Waals surface area contributed by atoms with E-state index in [0.717, 1.165) is 5.56 Å². The molecule has 0 radical (unpaired) electrons. The molecule has 0 saturated heterocycles. The van der Waals surface area contributed by atoms with Crippen LogP contribution in [-0.4, -0.2) is 79.1 Å². The van der Waals surface area contributed by atoms with Crippen molar-refractivity contribution in [1.29, 1.82) is 0 Å². The van der Waals surface area contributed by atoms with Gasteiger partial charge in [-0.2, -0.15) is 0 Å². The van der Waals surface area contributed by atoms with E-state index >= 15 is 0 Å². The van der Waals surface area contributed by atoms with Gasteiger partial charge in [-0.1, -0.05) is 24.8 Å². The highest BCUT2D eigenvalue weighted by atomic mass is 16.6. The Kier molecular flexibility index (Phi) is 14.1. The second-order valence-corrected chi connectivity index (χ2v) is 5.40. The van der Waals surface area contributed by atoms with Gasteiger partial charge in [0.2, 0.25) is 0 Å². The van der Waals surface area contributed by atoms with Gasteiger partial charge < -0.3 is 28.4 Å². The van der Waals surface area contributed by atoms with E-state index in [-0.39, 0.29) is 12.6 Å². The summed E-state index contributed by atoms with van der Waals surface area (Å²) >= 11 is 0. The zero-order valence-electron chi connectivity index (χ0n) is 16.0. The van der Waals surface area contributed by atoms with Gasteiger partial charge in [0, 0.05) is 7.11 Å². The molecule has 1 aromatic rings. The van der Waals surface area contributed by atoms with Gasteiger partial charge >= 0.3 is 5.97 Å². The standard InChI is InChI=1S/C20H30O7/c1-3-18-4-6-19(7-5-18)20(21)27-17-16-26-15-14-25-13-12-24-11-10-23-9-8-22-2/h3-7H,1,8-17H2,2H3. The van der Waals surface area contributed by atoms with Crippen LogP contribution in [0.5, 0.6) is 0 Å². The summed E-state index contributed by atoms with van der Waals surface area (Å²) in [7, 11) is 1.64. The smallest absolute Gasteiger partial charge is 0.338 e. The molecule has 152 valence electrons. The third kappa shape index (κ3) is 12.3. The van der Waals surface area contributed by atoms with Crippen LogP contribution in [0.15, 0.2) is 30.8 Å². The molecule has 0 unspecified atom stereocenters. The topological polar surface area (TPSA) is 72.5 Å². The van der Waals surface area contributed by atoms with Gasteiger partial charge in [0.05, 0.1) is 65.0 Å². The number of rotatable bonds is 17. The molecular formula is C20H30O7. The first-order valence-corrected chi connectivity index (χ1v) is 8.97. The van der Waals surface area contributed by atoms with E-state index in [4.69, 9.17) is 28.4 Å². The van der Waals surface area contributed by atoms with Crippen molar-refractivity contribution in [1.82, 2.24) is 0 Å². The van der Waals surface area contributed by atoms with Crippen LogP contribution in [-0.2, 0) is 28.4 Å². The molecule has 0 aliphatic carbocycles. The maximum Gasteiger partial charge on any atom is 0.338 e. The molecule has 0 aliphatic rings. The number of carbonyl (C=O) groups excluding carboxylic acids is 1. The highest BCUT2D eigenvalue weighted by Gasteiger charge is 2.06. The molecule has 0 bridgehead atoms. The van der Waals surface area contributed by atoms with Crippen molar-refractivity contribution in [3.63, 3.8) is 0 Å². The van der Waals surface area contributed by atoms with E-state index in [0.29, 0.717) is 65.0 Å². The molecule has 1 aromatic carbocycles. The van der Waals surface area contributed by atoms with Crippen LogP contribution in [0.1, 0.15) is 15.9 Å². The van der Waals surface area contributed by atoms with Crippen molar-refractivity contribution < 1.29 is 33.2 Å². The molecule has 0 amide bonds. The highest BCUT2D eigenvalue weighted by molar-refractivity contribution is 5.89. The van der Waals surface area contributed by atoms with Crippen molar-refractivity contribution in [2.24, 2.45) is 0 Å². The molecule has 0 aromatic heterocycles. The Labute approximate surface area is 161 Å². The number of hydrogen-bond donors (Lipinski definition) is 0. The average Bonchev–Trinajstić information content (AvgIpc) is 2.70. The average molecular weight is 382 g/mol. The van der Waals surface area contributed by atoms with Crippen LogP contribution >= 0.6 is 0 Å². The number of benzene rings is 1. The first-order chi connectivity index (χ1) is 13.3. The van der Waals surface area contributed by atoms with Gasteiger partial charge in [-0.3, -0.25) is 0 Å². The molecule has 0 saturated carbocycles. The second-order valence-electron chi connectivity index (χ2n) is 5.40. The first-order valence-electron chi connectivity index (χ1n) is 8.97. The Hall–Kier alpha value is -1.77. The predicted octanol–water partition coefficient (Wildman–Crippen LogP) is 2.20. The summed E-state index contributed by atoms with van der Waals surface area (Å²) in [5, 5.41) is 0. The number of esters is 1. The van der Waals surface area contributed by atoms with Gasteiger partial charge in [-0.25, -0.2) is 4.79 Å². The minimum Gasteiger partial charge on any atom is -0.460 e.